The fourth-order valence-corrected chi connectivity index (χ4v) is 2.96. The van der Waals surface area contributed by atoms with E-state index in [0.717, 1.165) is 22.8 Å². The molecule has 2 aromatic carbocycles. The molecule has 2 aromatic rings. The van der Waals surface area contributed by atoms with E-state index in [9.17, 15) is 14.7 Å². The average Bonchev–Trinajstić information content (AvgIpc) is 2.62. The Balaban J connectivity index is 1.77. The first kappa shape index (κ1) is 16.1. The summed E-state index contributed by atoms with van der Waals surface area (Å²) >= 11 is 0. The van der Waals surface area contributed by atoms with Crippen molar-refractivity contribution < 1.29 is 14.7 Å². The van der Waals surface area contributed by atoms with Crippen LogP contribution in [0.25, 0.3) is 10.8 Å². The summed E-state index contributed by atoms with van der Waals surface area (Å²) in [4.78, 5) is 25.5. The van der Waals surface area contributed by atoms with Crippen molar-refractivity contribution in [1.82, 2.24) is 10.2 Å². The van der Waals surface area contributed by atoms with Crippen LogP contribution in [0.4, 0.5) is 4.79 Å². The third kappa shape index (κ3) is 3.56. The van der Waals surface area contributed by atoms with E-state index in [0.29, 0.717) is 13.1 Å². The minimum Gasteiger partial charge on any atom is -0.480 e. The molecule has 0 saturated heterocycles. The van der Waals surface area contributed by atoms with Gasteiger partial charge in [-0.1, -0.05) is 54.6 Å². The zero-order valence-corrected chi connectivity index (χ0v) is 13.3. The number of urea groups is 1. The van der Waals surface area contributed by atoms with Gasteiger partial charge in [0.2, 0.25) is 0 Å². The molecule has 5 heteroatoms. The lowest BCUT2D eigenvalue weighted by atomic mass is 9.99. The Morgan fingerprint density at radius 1 is 1.12 bits per heavy atom. The van der Waals surface area contributed by atoms with Crippen molar-refractivity contribution in [3.63, 3.8) is 0 Å². The van der Waals surface area contributed by atoms with E-state index < -0.39 is 12.0 Å². The van der Waals surface area contributed by atoms with Crippen molar-refractivity contribution in [3.8, 4) is 0 Å². The van der Waals surface area contributed by atoms with E-state index in [2.05, 4.69) is 5.32 Å². The summed E-state index contributed by atoms with van der Waals surface area (Å²) in [5.74, 6) is -1.02. The first-order valence-electron chi connectivity index (χ1n) is 8.05. The van der Waals surface area contributed by atoms with E-state index in [1.54, 1.807) is 4.90 Å². The first-order chi connectivity index (χ1) is 11.6. The fourth-order valence-electron chi connectivity index (χ4n) is 2.96. The van der Waals surface area contributed by atoms with Crippen molar-refractivity contribution in [2.45, 2.75) is 18.9 Å². The summed E-state index contributed by atoms with van der Waals surface area (Å²) in [6.07, 6.45) is 5.00. The van der Waals surface area contributed by atoms with Crippen LogP contribution < -0.4 is 5.32 Å². The predicted octanol–water partition coefficient (Wildman–Crippen LogP) is 2.81. The summed E-state index contributed by atoms with van der Waals surface area (Å²) in [6.45, 7) is 1.13. The number of carbonyl (C=O) groups is 2. The number of fused-ring (bicyclic) bond motifs is 1. The van der Waals surface area contributed by atoms with E-state index >= 15 is 0 Å². The molecule has 124 valence electrons. The van der Waals surface area contributed by atoms with Gasteiger partial charge in [-0.05, 0) is 22.8 Å². The zero-order chi connectivity index (χ0) is 16.9. The standard InChI is InChI=1S/C19H20N2O3/c22-18(23)17(20-19(24)21-11-4-1-5-12-21)13-15-9-6-8-14-7-2-3-10-16(14)15/h1-4,6-10,17H,5,11-13H2,(H,20,24)(H,22,23)/t17-/m0/s1. The quantitative estimate of drug-likeness (QED) is 0.850. The summed E-state index contributed by atoms with van der Waals surface area (Å²) in [5, 5.41) is 14.2. The monoisotopic (exact) mass is 324 g/mol. The predicted molar refractivity (Wildman–Crippen MR) is 92.9 cm³/mol. The number of carbonyl (C=O) groups excluding carboxylic acids is 1. The Morgan fingerprint density at radius 2 is 1.92 bits per heavy atom. The number of amides is 2. The molecular formula is C19H20N2O3. The number of rotatable bonds is 4. The maximum absolute atomic E-state index is 12.3. The van der Waals surface area contributed by atoms with Gasteiger partial charge < -0.3 is 15.3 Å². The molecule has 0 aromatic heterocycles. The maximum Gasteiger partial charge on any atom is 0.326 e. The molecule has 0 spiro atoms. The molecule has 0 saturated carbocycles. The molecule has 1 heterocycles. The molecule has 0 unspecified atom stereocenters. The van der Waals surface area contributed by atoms with Gasteiger partial charge in [0, 0.05) is 19.5 Å². The van der Waals surface area contributed by atoms with Crippen LogP contribution in [-0.2, 0) is 11.2 Å². The number of hydrogen-bond acceptors (Lipinski definition) is 2. The third-order valence-corrected chi connectivity index (χ3v) is 4.25. The molecule has 0 bridgehead atoms. The number of aliphatic carboxylic acids is 1. The minimum atomic E-state index is -1.02. The molecule has 24 heavy (non-hydrogen) atoms. The van der Waals surface area contributed by atoms with Gasteiger partial charge in [-0.3, -0.25) is 0 Å². The van der Waals surface area contributed by atoms with E-state index in [4.69, 9.17) is 0 Å². The summed E-state index contributed by atoms with van der Waals surface area (Å²) < 4.78 is 0. The van der Waals surface area contributed by atoms with Gasteiger partial charge in [-0.25, -0.2) is 9.59 Å². The van der Waals surface area contributed by atoms with Crippen molar-refractivity contribution in [2.75, 3.05) is 13.1 Å². The maximum atomic E-state index is 12.3. The number of nitrogens with zero attached hydrogens (tertiary/aromatic N) is 1. The molecule has 2 amide bonds. The van der Waals surface area contributed by atoms with Crippen LogP contribution in [0.15, 0.2) is 54.6 Å². The number of nitrogens with one attached hydrogen (secondary N) is 1. The highest BCUT2D eigenvalue weighted by Crippen LogP contribution is 2.20. The third-order valence-electron chi connectivity index (χ3n) is 4.25. The second-order valence-electron chi connectivity index (χ2n) is 5.89. The number of carboxylic acid groups (broad SMARTS) is 1. The Kier molecular flexibility index (Phi) is 4.79. The van der Waals surface area contributed by atoms with Crippen molar-refractivity contribution >= 4 is 22.8 Å². The van der Waals surface area contributed by atoms with Gasteiger partial charge in [-0.2, -0.15) is 0 Å². The van der Waals surface area contributed by atoms with Crippen LogP contribution in [0.1, 0.15) is 12.0 Å². The van der Waals surface area contributed by atoms with E-state index in [1.807, 2.05) is 54.6 Å². The first-order valence-corrected chi connectivity index (χ1v) is 8.05. The molecule has 2 N–H and O–H groups in total. The van der Waals surface area contributed by atoms with Crippen molar-refractivity contribution in [1.29, 1.82) is 0 Å². The van der Waals surface area contributed by atoms with Gasteiger partial charge in [0.25, 0.3) is 0 Å². The molecule has 1 atom stereocenters. The SMILES string of the molecule is O=C(O)[C@H](Cc1cccc2ccccc12)NC(=O)N1CC=CCC1. The molecule has 1 aliphatic rings. The van der Waals surface area contributed by atoms with E-state index in [1.165, 1.54) is 0 Å². The molecule has 0 radical (unpaired) electrons. The minimum absolute atomic E-state index is 0.256. The molecular weight excluding hydrogens is 304 g/mol. The number of benzene rings is 2. The highest BCUT2D eigenvalue weighted by atomic mass is 16.4. The average molecular weight is 324 g/mol. The molecule has 0 aliphatic carbocycles. The van der Waals surface area contributed by atoms with Gasteiger partial charge in [0.1, 0.15) is 6.04 Å². The highest BCUT2D eigenvalue weighted by Gasteiger charge is 2.24. The van der Waals surface area contributed by atoms with Crippen LogP contribution >= 0.6 is 0 Å². The number of hydrogen-bond donors (Lipinski definition) is 2. The molecule has 0 fully saturated rings. The second kappa shape index (κ2) is 7.17. The van der Waals surface area contributed by atoms with Gasteiger partial charge in [-0.15, -0.1) is 0 Å². The lowest BCUT2D eigenvalue weighted by molar-refractivity contribution is -0.139. The van der Waals surface area contributed by atoms with Crippen LogP contribution in [-0.4, -0.2) is 41.1 Å². The highest BCUT2D eigenvalue weighted by molar-refractivity contribution is 5.87. The summed E-state index contributed by atoms with van der Waals surface area (Å²) in [6, 6.07) is 12.4. The lowest BCUT2D eigenvalue weighted by Gasteiger charge is -2.26. The number of carboxylic acids is 1. The second-order valence-corrected chi connectivity index (χ2v) is 5.89. The van der Waals surface area contributed by atoms with Crippen LogP contribution in [0.2, 0.25) is 0 Å². The lowest BCUT2D eigenvalue weighted by Crippen LogP contribution is -2.49. The fraction of sp³-hybridized carbons (Fsp3) is 0.263. The van der Waals surface area contributed by atoms with Gasteiger partial charge >= 0.3 is 12.0 Å². The Labute approximate surface area is 140 Å². The largest absolute Gasteiger partial charge is 0.480 e. The van der Waals surface area contributed by atoms with Crippen LogP contribution in [0.3, 0.4) is 0 Å². The molecule has 5 nitrogen and oxygen atoms in total. The topological polar surface area (TPSA) is 69.6 Å². The van der Waals surface area contributed by atoms with Crippen molar-refractivity contribution in [3.05, 3.63) is 60.2 Å². The van der Waals surface area contributed by atoms with Crippen molar-refractivity contribution in [2.24, 2.45) is 0 Å². The smallest absolute Gasteiger partial charge is 0.326 e. The zero-order valence-electron chi connectivity index (χ0n) is 13.3. The summed E-state index contributed by atoms with van der Waals surface area (Å²) in [7, 11) is 0. The molecule has 3 rings (SSSR count). The normalized spacial score (nSPS) is 15.2. The Bertz CT molecular complexity index is 780. The van der Waals surface area contributed by atoms with E-state index in [-0.39, 0.29) is 12.5 Å². The Morgan fingerprint density at radius 3 is 2.67 bits per heavy atom. The summed E-state index contributed by atoms with van der Waals surface area (Å²) in [5.41, 5.74) is 0.916. The molecule has 1 aliphatic heterocycles. The van der Waals surface area contributed by atoms with Crippen LogP contribution in [0, 0.1) is 0 Å². The van der Waals surface area contributed by atoms with Gasteiger partial charge in [0.15, 0.2) is 0 Å². The van der Waals surface area contributed by atoms with Crippen LogP contribution in [0.5, 0.6) is 0 Å². The van der Waals surface area contributed by atoms with Gasteiger partial charge in [0.05, 0.1) is 0 Å². The Hall–Kier alpha value is -2.82.